The summed E-state index contributed by atoms with van der Waals surface area (Å²) in [7, 11) is 0. The lowest BCUT2D eigenvalue weighted by atomic mass is 10.1. The smallest absolute Gasteiger partial charge is 0.322 e. The first-order chi connectivity index (χ1) is 9.04. The number of nitrogens with one attached hydrogen (secondary N) is 3. The average molecular weight is 282 g/mol. The minimum absolute atomic E-state index is 0.140. The van der Waals surface area contributed by atoms with Crippen molar-refractivity contribution >= 4 is 35.1 Å². The van der Waals surface area contributed by atoms with Crippen molar-refractivity contribution < 1.29 is 14.4 Å². The summed E-state index contributed by atoms with van der Waals surface area (Å²) < 4.78 is 0. The Morgan fingerprint density at radius 1 is 1.26 bits per heavy atom. The highest BCUT2D eigenvalue weighted by molar-refractivity contribution is 6.30. The molecule has 19 heavy (non-hydrogen) atoms. The molecule has 1 atom stereocenters. The van der Waals surface area contributed by atoms with Gasteiger partial charge in [-0.3, -0.25) is 14.9 Å². The van der Waals surface area contributed by atoms with E-state index < -0.39 is 18.0 Å². The molecule has 7 heteroatoms. The number of carbonyl (C=O) groups excluding carboxylic acids is 3. The quantitative estimate of drug-likeness (QED) is 0.726. The first-order valence-corrected chi connectivity index (χ1v) is 6.09. The van der Waals surface area contributed by atoms with Gasteiger partial charge in [0.2, 0.25) is 5.91 Å². The monoisotopic (exact) mass is 281 g/mol. The Balaban J connectivity index is 1.80. The Kier molecular flexibility index (Phi) is 4.01. The molecule has 2 rings (SSSR count). The second-order valence-electron chi connectivity index (χ2n) is 4.11. The minimum Gasteiger partial charge on any atom is -0.326 e. The van der Waals surface area contributed by atoms with Gasteiger partial charge in [-0.1, -0.05) is 11.6 Å². The van der Waals surface area contributed by atoms with Gasteiger partial charge in [0, 0.05) is 17.1 Å². The molecule has 0 bridgehead atoms. The summed E-state index contributed by atoms with van der Waals surface area (Å²) in [6.07, 6.45) is 0.401. The Morgan fingerprint density at radius 3 is 2.53 bits per heavy atom. The lowest BCUT2D eigenvalue weighted by Crippen LogP contribution is -2.30. The molecule has 1 saturated heterocycles. The van der Waals surface area contributed by atoms with Gasteiger partial charge in [-0.05, 0) is 30.7 Å². The highest BCUT2D eigenvalue weighted by Gasteiger charge is 2.29. The summed E-state index contributed by atoms with van der Waals surface area (Å²) in [6, 6.07) is 5.55. The third-order valence-corrected chi connectivity index (χ3v) is 2.90. The average Bonchev–Trinajstić information content (AvgIpc) is 2.68. The van der Waals surface area contributed by atoms with Crippen LogP contribution in [0.15, 0.2) is 24.3 Å². The first kappa shape index (κ1) is 13.4. The van der Waals surface area contributed by atoms with Crippen molar-refractivity contribution in [2.45, 2.75) is 18.9 Å². The van der Waals surface area contributed by atoms with Gasteiger partial charge in [-0.15, -0.1) is 0 Å². The lowest BCUT2D eigenvalue weighted by Gasteiger charge is -2.08. The molecule has 1 aliphatic rings. The predicted octanol–water partition coefficient (Wildman–Crippen LogP) is 1.27. The van der Waals surface area contributed by atoms with Crippen molar-refractivity contribution in [2.75, 3.05) is 5.32 Å². The molecule has 0 saturated carbocycles. The molecule has 1 aromatic carbocycles. The van der Waals surface area contributed by atoms with Crippen molar-refractivity contribution in [1.82, 2.24) is 10.6 Å². The number of anilines is 1. The van der Waals surface area contributed by atoms with Crippen LogP contribution in [0.5, 0.6) is 0 Å². The van der Waals surface area contributed by atoms with Gasteiger partial charge >= 0.3 is 6.03 Å². The molecule has 1 aliphatic heterocycles. The lowest BCUT2D eigenvalue weighted by molar-refractivity contribution is -0.120. The van der Waals surface area contributed by atoms with Crippen LogP contribution in [0.3, 0.4) is 0 Å². The maximum absolute atomic E-state index is 11.7. The first-order valence-electron chi connectivity index (χ1n) is 5.71. The van der Waals surface area contributed by atoms with E-state index in [9.17, 15) is 14.4 Å². The summed E-state index contributed by atoms with van der Waals surface area (Å²) >= 11 is 5.73. The molecule has 3 N–H and O–H groups in total. The summed E-state index contributed by atoms with van der Waals surface area (Å²) in [5.74, 6) is -0.624. The third kappa shape index (κ3) is 3.69. The van der Waals surface area contributed by atoms with Gasteiger partial charge in [0.05, 0.1) is 0 Å². The van der Waals surface area contributed by atoms with Gasteiger partial charge in [0.15, 0.2) is 0 Å². The van der Waals surface area contributed by atoms with Gasteiger partial charge in [0.1, 0.15) is 6.04 Å². The minimum atomic E-state index is -0.636. The highest BCUT2D eigenvalue weighted by atomic mass is 35.5. The van der Waals surface area contributed by atoms with Crippen LogP contribution in [0.4, 0.5) is 10.5 Å². The number of hydrogen-bond acceptors (Lipinski definition) is 3. The number of imide groups is 1. The predicted molar refractivity (Wildman–Crippen MR) is 69.8 cm³/mol. The van der Waals surface area contributed by atoms with E-state index in [0.717, 1.165) is 0 Å². The summed E-state index contributed by atoms with van der Waals surface area (Å²) in [6.45, 7) is 0. The van der Waals surface area contributed by atoms with Crippen molar-refractivity contribution in [3.05, 3.63) is 29.3 Å². The molecule has 0 radical (unpaired) electrons. The third-order valence-electron chi connectivity index (χ3n) is 2.65. The Morgan fingerprint density at radius 2 is 1.95 bits per heavy atom. The maximum Gasteiger partial charge on any atom is 0.322 e. The van der Waals surface area contributed by atoms with Crippen molar-refractivity contribution in [3.8, 4) is 0 Å². The van der Waals surface area contributed by atoms with E-state index in [1.54, 1.807) is 24.3 Å². The van der Waals surface area contributed by atoms with E-state index in [1.165, 1.54) is 0 Å². The zero-order valence-corrected chi connectivity index (χ0v) is 10.7. The van der Waals surface area contributed by atoms with Crippen molar-refractivity contribution in [3.63, 3.8) is 0 Å². The van der Waals surface area contributed by atoms with E-state index >= 15 is 0 Å². The fourth-order valence-electron chi connectivity index (χ4n) is 1.69. The Bertz CT molecular complexity index is 515. The molecule has 0 spiro atoms. The number of rotatable bonds is 4. The molecule has 4 amide bonds. The van der Waals surface area contributed by atoms with Gasteiger partial charge in [0.25, 0.3) is 5.91 Å². The van der Waals surface area contributed by atoms with Crippen LogP contribution in [0.25, 0.3) is 0 Å². The van der Waals surface area contributed by atoms with E-state index in [0.29, 0.717) is 10.7 Å². The van der Waals surface area contributed by atoms with E-state index in [2.05, 4.69) is 16.0 Å². The summed E-state index contributed by atoms with van der Waals surface area (Å²) in [5, 5.41) is 7.81. The molecular formula is C12H12ClN3O3. The van der Waals surface area contributed by atoms with Crippen LogP contribution < -0.4 is 16.0 Å². The normalized spacial score (nSPS) is 17.8. The van der Waals surface area contributed by atoms with E-state index in [4.69, 9.17) is 11.6 Å². The zero-order chi connectivity index (χ0) is 13.8. The van der Waals surface area contributed by atoms with E-state index in [-0.39, 0.29) is 18.7 Å². The number of benzene rings is 1. The Hall–Kier alpha value is -2.08. The van der Waals surface area contributed by atoms with Crippen molar-refractivity contribution in [1.29, 1.82) is 0 Å². The standard InChI is InChI=1S/C12H12ClN3O3/c13-7-1-3-8(4-2-7)14-10(17)6-5-9-11(18)16-12(19)15-9/h1-4,9H,5-6H2,(H,14,17)(H2,15,16,18,19). The molecule has 1 aromatic rings. The largest absolute Gasteiger partial charge is 0.326 e. The fourth-order valence-corrected chi connectivity index (χ4v) is 1.82. The molecule has 0 aliphatic carbocycles. The number of carbonyl (C=O) groups is 3. The van der Waals surface area contributed by atoms with Crippen molar-refractivity contribution in [2.24, 2.45) is 0 Å². The number of urea groups is 1. The second-order valence-corrected chi connectivity index (χ2v) is 4.55. The summed E-state index contributed by atoms with van der Waals surface area (Å²) in [4.78, 5) is 33.8. The number of hydrogen-bond donors (Lipinski definition) is 3. The van der Waals surface area contributed by atoms with Crippen LogP contribution in [0.2, 0.25) is 5.02 Å². The number of halogens is 1. The highest BCUT2D eigenvalue weighted by Crippen LogP contribution is 2.14. The molecule has 1 unspecified atom stereocenters. The molecule has 0 aromatic heterocycles. The SMILES string of the molecule is O=C(CCC1NC(=O)NC1=O)Nc1ccc(Cl)cc1. The van der Waals surface area contributed by atoms with E-state index in [1.807, 2.05) is 0 Å². The van der Waals surface area contributed by atoms with Crippen LogP contribution in [0, 0.1) is 0 Å². The maximum atomic E-state index is 11.7. The van der Waals surface area contributed by atoms with Gasteiger partial charge in [-0.2, -0.15) is 0 Å². The second kappa shape index (κ2) is 5.71. The zero-order valence-electron chi connectivity index (χ0n) is 9.90. The van der Waals surface area contributed by atoms with Gasteiger partial charge in [-0.25, -0.2) is 4.79 Å². The molecule has 6 nitrogen and oxygen atoms in total. The fraction of sp³-hybridized carbons (Fsp3) is 0.250. The van der Waals surface area contributed by atoms with Crippen LogP contribution in [-0.4, -0.2) is 23.9 Å². The molecule has 1 heterocycles. The van der Waals surface area contributed by atoms with Crippen LogP contribution in [-0.2, 0) is 9.59 Å². The number of amides is 4. The molecular weight excluding hydrogens is 270 g/mol. The van der Waals surface area contributed by atoms with Crippen LogP contribution in [0.1, 0.15) is 12.8 Å². The van der Waals surface area contributed by atoms with Crippen LogP contribution >= 0.6 is 11.6 Å². The topological polar surface area (TPSA) is 87.3 Å². The molecule has 100 valence electrons. The van der Waals surface area contributed by atoms with Gasteiger partial charge < -0.3 is 10.6 Å². The molecule has 1 fully saturated rings. The Labute approximate surface area is 114 Å². The summed E-state index contributed by atoms with van der Waals surface area (Å²) in [5.41, 5.74) is 0.634.